The van der Waals surface area contributed by atoms with Crippen LogP contribution in [0.5, 0.6) is 0 Å². The van der Waals surface area contributed by atoms with Crippen molar-refractivity contribution in [1.29, 1.82) is 5.26 Å². The predicted octanol–water partition coefficient (Wildman–Crippen LogP) is 3.36. The molecule has 0 aliphatic rings. The first-order chi connectivity index (χ1) is 9.58. The van der Waals surface area contributed by atoms with Gasteiger partial charge in [0.15, 0.2) is 0 Å². The van der Waals surface area contributed by atoms with E-state index in [2.05, 4.69) is 16.4 Å². The Kier molecular flexibility index (Phi) is 4.34. The Balaban J connectivity index is 2.13. The number of anilines is 1. The van der Waals surface area contributed by atoms with Crippen LogP contribution in [0.3, 0.4) is 0 Å². The fraction of sp³-hybridized carbons (Fsp3) is 0.133. The van der Waals surface area contributed by atoms with Crippen molar-refractivity contribution in [2.45, 2.75) is 13.3 Å². The number of carbonyl (C=O) groups is 1. The second-order valence-electron chi connectivity index (χ2n) is 4.31. The molecule has 0 atom stereocenters. The van der Waals surface area contributed by atoms with E-state index >= 15 is 0 Å². The molecule has 2 aromatic rings. The molecule has 20 heavy (non-hydrogen) atoms. The molecule has 0 fully saturated rings. The fourth-order valence-electron chi connectivity index (χ4n) is 1.76. The van der Waals surface area contributed by atoms with E-state index in [1.165, 1.54) is 6.07 Å². The second-order valence-corrected chi connectivity index (χ2v) is 4.69. The Morgan fingerprint density at radius 3 is 2.65 bits per heavy atom. The van der Waals surface area contributed by atoms with Gasteiger partial charge in [-0.25, -0.2) is 4.98 Å². The molecule has 0 unspecified atom stereocenters. The Bertz CT molecular complexity index is 654. The van der Waals surface area contributed by atoms with Crippen LogP contribution in [-0.2, 0) is 6.42 Å². The maximum Gasteiger partial charge on any atom is 0.255 e. The second kappa shape index (κ2) is 6.18. The van der Waals surface area contributed by atoms with Gasteiger partial charge < -0.3 is 5.32 Å². The van der Waals surface area contributed by atoms with Crippen molar-refractivity contribution < 1.29 is 4.79 Å². The highest BCUT2D eigenvalue weighted by molar-refractivity contribution is 6.29. The molecule has 0 saturated heterocycles. The summed E-state index contributed by atoms with van der Waals surface area (Å²) in [5.74, 6) is -0.245. The van der Waals surface area contributed by atoms with Gasteiger partial charge in [-0.15, -0.1) is 0 Å². The van der Waals surface area contributed by atoms with E-state index in [9.17, 15) is 4.79 Å². The van der Waals surface area contributed by atoms with Crippen LogP contribution in [0.25, 0.3) is 0 Å². The minimum Gasteiger partial charge on any atom is -0.322 e. The summed E-state index contributed by atoms with van der Waals surface area (Å²) in [5, 5.41) is 11.7. The van der Waals surface area contributed by atoms with E-state index in [0.29, 0.717) is 28.5 Å². The maximum absolute atomic E-state index is 12.1. The van der Waals surface area contributed by atoms with Crippen LogP contribution >= 0.6 is 11.6 Å². The molecule has 0 spiro atoms. The topological polar surface area (TPSA) is 65.8 Å². The van der Waals surface area contributed by atoms with Crippen molar-refractivity contribution in [3.05, 3.63) is 58.4 Å². The van der Waals surface area contributed by atoms with Gasteiger partial charge in [0.25, 0.3) is 5.91 Å². The van der Waals surface area contributed by atoms with Crippen LogP contribution in [0, 0.1) is 18.3 Å². The van der Waals surface area contributed by atoms with Crippen molar-refractivity contribution in [2.24, 2.45) is 0 Å². The Labute approximate surface area is 122 Å². The molecule has 4 nitrogen and oxygen atoms in total. The molecule has 1 amide bonds. The van der Waals surface area contributed by atoms with Crippen molar-refractivity contribution in [3.63, 3.8) is 0 Å². The number of benzene rings is 1. The standard InChI is InChI=1S/C15H12ClN3O/c1-10-8-12(9-14(16)18-10)15(20)19-13-4-2-11(3-5-13)6-7-17/h2-5,8-9H,6H2,1H3,(H,19,20). The third-order valence-electron chi connectivity index (χ3n) is 2.68. The summed E-state index contributed by atoms with van der Waals surface area (Å²) < 4.78 is 0. The molecular formula is C15H12ClN3O. The summed E-state index contributed by atoms with van der Waals surface area (Å²) in [6.07, 6.45) is 0.355. The third-order valence-corrected chi connectivity index (χ3v) is 2.87. The lowest BCUT2D eigenvalue weighted by Gasteiger charge is -2.06. The third kappa shape index (κ3) is 3.56. The number of aryl methyl sites for hydroxylation is 1. The number of hydrogen-bond acceptors (Lipinski definition) is 3. The number of halogens is 1. The van der Waals surface area contributed by atoms with Crippen LogP contribution < -0.4 is 5.32 Å². The molecule has 1 N–H and O–H groups in total. The minimum absolute atomic E-state index is 0.245. The van der Waals surface area contributed by atoms with E-state index in [1.54, 1.807) is 25.1 Å². The molecule has 0 saturated carbocycles. The van der Waals surface area contributed by atoms with E-state index in [0.717, 1.165) is 5.56 Å². The summed E-state index contributed by atoms with van der Waals surface area (Å²) in [7, 11) is 0. The number of aromatic nitrogens is 1. The molecule has 1 aromatic heterocycles. The average Bonchev–Trinajstić information content (AvgIpc) is 2.40. The van der Waals surface area contributed by atoms with Crippen molar-refractivity contribution in [3.8, 4) is 6.07 Å². The van der Waals surface area contributed by atoms with Crippen LogP contribution in [-0.4, -0.2) is 10.9 Å². The van der Waals surface area contributed by atoms with E-state index in [1.807, 2.05) is 12.1 Å². The van der Waals surface area contributed by atoms with Gasteiger partial charge >= 0.3 is 0 Å². The summed E-state index contributed by atoms with van der Waals surface area (Å²) >= 11 is 5.83. The quantitative estimate of drug-likeness (QED) is 0.879. The maximum atomic E-state index is 12.1. The zero-order valence-electron chi connectivity index (χ0n) is 10.9. The predicted molar refractivity (Wildman–Crippen MR) is 77.7 cm³/mol. The van der Waals surface area contributed by atoms with Gasteiger partial charge in [-0.2, -0.15) is 5.26 Å². The summed E-state index contributed by atoms with van der Waals surface area (Å²) in [4.78, 5) is 16.1. The largest absolute Gasteiger partial charge is 0.322 e. The molecule has 0 aliphatic carbocycles. The molecule has 1 aromatic carbocycles. The highest BCUT2D eigenvalue weighted by atomic mass is 35.5. The van der Waals surface area contributed by atoms with Crippen LogP contribution in [0.2, 0.25) is 5.15 Å². The first kappa shape index (κ1) is 14.0. The molecule has 1 heterocycles. The SMILES string of the molecule is Cc1cc(C(=O)Nc2ccc(CC#N)cc2)cc(Cl)n1. The normalized spacial score (nSPS) is 9.85. The number of amides is 1. The first-order valence-electron chi connectivity index (χ1n) is 6.00. The Morgan fingerprint density at radius 1 is 1.35 bits per heavy atom. The number of pyridine rings is 1. The van der Waals surface area contributed by atoms with E-state index < -0.39 is 0 Å². The number of nitriles is 1. The number of carbonyl (C=O) groups excluding carboxylic acids is 1. The highest BCUT2D eigenvalue weighted by Gasteiger charge is 2.08. The summed E-state index contributed by atoms with van der Waals surface area (Å²) in [6, 6.07) is 12.4. The monoisotopic (exact) mass is 285 g/mol. The molecule has 0 radical (unpaired) electrons. The van der Waals surface area contributed by atoms with Gasteiger partial charge in [-0.05, 0) is 36.8 Å². The van der Waals surface area contributed by atoms with Crippen molar-refractivity contribution in [2.75, 3.05) is 5.32 Å². The van der Waals surface area contributed by atoms with Crippen LogP contribution in [0.1, 0.15) is 21.6 Å². The molecule has 0 aliphatic heterocycles. The molecular weight excluding hydrogens is 274 g/mol. The van der Waals surface area contributed by atoms with E-state index in [4.69, 9.17) is 16.9 Å². The minimum atomic E-state index is -0.245. The molecule has 5 heteroatoms. The van der Waals surface area contributed by atoms with Gasteiger partial charge in [-0.3, -0.25) is 4.79 Å². The number of nitrogens with zero attached hydrogens (tertiary/aromatic N) is 2. The number of nitrogens with one attached hydrogen (secondary N) is 1. The lowest BCUT2D eigenvalue weighted by Crippen LogP contribution is -2.12. The van der Waals surface area contributed by atoms with E-state index in [-0.39, 0.29) is 5.91 Å². The van der Waals surface area contributed by atoms with Crippen molar-refractivity contribution in [1.82, 2.24) is 4.98 Å². The lowest BCUT2D eigenvalue weighted by atomic mass is 10.1. The molecule has 0 bridgehead atoms. The Morgan fingerprint density at radius 2 is 2.05 bits per heavy atom. The van der Waals surface area contributed by atoms with Gasteiger partial charge in [0.1, 0.15) is 5.15 Å². The lowest BCUT2D eigenvalue weighted by molar-refractivity contribution is 0.102. The number of rotatable bonds is 3. The van der Waals surface area contributed by atoms with Crippen LogP contribution in [0.4, 0.5) is 5.69 Å². The zero-order chi connectivity index (χ0) is 14.5. The Hall–Kier alpha value is -2.38. The van der Waals surface area contributed by atoms with Crippen LogP contribution in [0.15, 0.2) is 36.4 Å². The van der Waals surface area contributed by atoms with Gasteiger partial charge in [-0.1, -0.05) is 23.7 Å². The molecule has 2 rings (SSSR count). The first-order valence-corrected chi connectivity index (χ1v) is 6.38. The average molecular weight is 286 g/mol. The summed E-state index contributed by atoms with van der Waals surface area (Å²) in [6.45, 7) is 1.78. The van der Waals surface area contributed by atoms with Gasteiger partial charge in [0.05, 0.1) is 12.5 Å². The fourth-order valence-corrected chi connectivity index (χ4v) is 2.01. The van der Waals surface area contributed by atoms with Gasteiger partial charge in [0.2, 0.25) is 0 Å². The highest BCUT2D eigenvalue weighted by Crippen LogP contribution is 2.14. The summed E-state index contributed by atoms with van der Waals surface area (Å²) in [5.41, 5.74) is 2.73. The molecule has 100 valence electrons. The zero-order valence-corrected chi connectivity index (χ0v) is 11.6. The van der Waals surface area contributed by atoms with Crippen molar-refractivity contribution >= 4 is 23.2 Å². The van der Waals surface area contributed by atoms with Gasteiger partial charge in [0, 0.05) is 16.9 Å². The number of hydrogen-bond donors (Lipinski definition) is 1. The smallest absolute Gasteiger partial charge is 0.255 e.